The molecule has 2 aromatic rings. The fraction of sp³-hybridized carbons (Fsp3) is 0.357. The van der Waals surface area contributed by atoms with Crippen LogP contribution in [0.4, 0.5) is 14.6 Å². The maximum absolute atomic E-state index is 14.1. The molecule has 0 N–H and O–H groups in total. The molecule has 0 spiro atoms. The summed E-state index contributed by atoms with van der Waals surface area (Å²) in [5.74, 6) is -0.505. The van der Waals surface area contributed by atoms with Crippen molar-refractivity contribution in [2.75, 3.05) is 11.4 Å². The first-order valence-corrected chi connectivity index (χ1v) is 7.58. The summed E-state index contributed by atoms with van der Waals surface area (Å²) >= 11 is 11.6. The van der Waals surface area contributed by atoms with Crippen molar-refractivity contribution in [2.24, 2.45) is 5.92 Å². The zero-order valence-electron chi connectivity index (χ0n) is 11.2. The minimum Gasteiger partial charge on any atom is -0.349 e. The van der Waals surface area contributed by atoms with Crippen LogP contribution in [0.1, 0.15) is 6.42 Å². The van der Waals surface area contributed by atoms with Crippen molar-refractivity contribution >= 4 is 39.9 Å². The van der Waals surface area contributed by atoms with Crippen LogP contribution in [-0.4, -0.2) is 33.7 Å². The van der Waals surface area contributed by atoms with E-state index in [9.17, 15) is 8.78 Å². The molecule has 0 radical (unpaired) electrons. The van der Waals surface area contributed by atoms with Crippen molar-refractivity contribution in [3.63, 3.8) is 0 Å². The summed E-state index contributed by atoms with van der Waals surface area (Å²) in [5, 5.41) is -0.00190. The van der Waals surface area contributed by atoms with Gasteiger partial charge in [-0.1, -0.05) is 23.8 Å². The highest BCUT2D eigenvalue weighted by molar-refractivity contribution is 6.30. The van der Waals surface area contributed by atoms with Gasteiger partial charge in [0.2, 0.25) is 5.28 Å². The van der Waals surface area contributed by atoms with Crippen LogP contribution >= 0.6 is 23.2 Å². The second-order valence-electron chi connectivity index (χ2n) is 5.36. The smallest absolute Gasteiger partial charge is 0.225 e. The maximum Gasteiger partial charge on any atom is 0.225 e. The Morgan fingerprint density at radius 2 is 2.09 bits per heavy atom. The number of hydrogen-bond donors (Lipinski definition) is 0. The maximum atomic E-state index is 14.1. The van der Waals surface area contributed by atoms with Gasteiger partial charge >= 0.3 is 0 Å². The molecule has 0 aromatic carbocycles. The lowest BCUT2D eigenvalue weighted by molar-refractivity contribution is 0.448. The molecule has 3 unspecified atom stereocenters. The van der Waals surface area contributed by atoms with Gasteiger partial charge < -0.3 is 4.90 Å². The molecule has 22 heavy (non-hydrogen) atoms. The fourth-order valence-electron chi connectivity index (χ4n) is 2.95. The molecular weight excluding hydrogens is 333 g/mol. The number of nitrogens with zero attached hydrogens (tertiary/aromatic N) is 4. The van der Waals surface area contributed by atoms with Crippen LogP contribution in [0, 0.1) is 11.7 Å². The van der Waals surface area contributed by atoms with E-state index in [0.717, 1.165) is 6.42 Å². The van der Waals surface area contributed by atoms with Crippen LogP contribution in [0.2, 0.25) is 10.4 Å². The largest absolute Gasteiger partial charge is 0.349 e. The minimum atomic E-state index is -0.953. The number of fused-ring (bicyclic) bond motifs is 2. The monoisotopic (exact) mass is 342 g/mol. The fourth-order valence-corrected chi connectivity index (χ4v) is 3.26. The number of halogens is 4. The van der Waals surface area contributed by atoms with Gasteiger partial charge in [0.25, 0.3) is 0 Å². The summed E-state index contributed by atoms with van der Waals surface area (Å²) in [6.07, 6.45) is 5.04. The molecule has 3 atom stereocenters. The highest BCUT2D eigenvalue weighted by Gasteiger charge is 2.54. The Labute approximate surface area is 134 Å². The molecule has 8 heteroatoms. The van der Waals surface area contributed by atoms with E-state index < -0.39 is 12.0 Å². The van der Waals surface area contributed by atoms with E-state index in [1.165, 1.54) is 6.20 Å². The van der Waals surface area contributed by atoms with Crippen LogP contribution in [0.3, 0.4) is 0 Å². The van der Waals surface area contributed by atoms with E-state index >= 15 is 0 Å². The molecule has 4 nitrogen and oxygen atoms in total. The molecule has 0 bridgehead atoms. The van der Waals surface area contributed by atoms with Gasteiger partial charge in [-0.3, -0.25) is 0 Å². The molecule has 114 valence electrons. The molecule has 0 saturated heterocycles. The first-order valence-electron chi connectivity index (χ1n) is 6.82. The van der Waals surface area contributed by atoms with Gasteiger partial charge in [-0.25, -0.2) is 18.7 Å². The zero-order valence-corrected chi connectivity index (χ0v) is 12.7. The summed E-state index contributed by atoms with van der Waals surface area (Å²) in [7, 11) is 0. The van der Waals surface area contributed by atoms with Gasteiger partial charge in [-0.05, 0) is 18.0 Å². The lowest BCUT2D eigenvalue weighted by Gasteiger charge is -2.24. The van der Waals surface area contributed by atoms with E-state index in [0.29, 0.717) is 17.7 Å². The molecule has 1 aliphatic heterocycles. The van der Waals surface area contributed by atoms with E-state index in [2.05, 4.69) is 15.0 Å². The summed E-state index contributed by atoms with van der Waals surface area (Å²) in [6, 6.07) is -0.299. The highest BCUT2D eigenvalue weighted by Crippen LogP contribution is 2.45. The molecule has 2 aliphatic rings. The Kier molecular flexibility index (Phi) is 3.20. The Hall–Kier alpha value is -1.53. The van der Waals surface area contributed by atoms with Crippen LogP contribution in [0.25, 0.3) is 10.9 Å². The first kappa shape index (κ1) is 14.1. The van der Waals surface area contributed by atoms with Gasteiger partial charge in [0.05, 0.1) is 11.4 Å². The van der Waals surface area contributed by atoms with E-state index in [1.54, 1.807) is 0 Å². The number of alkyl halides is 1. The molecule has 0 amide bonds. The van der Waals surface area contributed by atoms with Crippen molar-refractivity contribution < 1.29 is 8.78 Å². The molecule has 2 aromatic heterocycles. The summed E-state index contributed by atoms with van der Waals surface area (Å²) in [4.78, 5) is 13.7. The highest BCUT2D eigenvalue weighted by atomic mass is 35.5. The first-order chi connectivity index (χ1) is 10.6. The number of anilines is 1. The predicted molar refractivity (Wildman–Crippen MR) is 80.6 cm³/mol. The topological polar surface area (TPSA) is 41.9 Å². The van der Waals surface area contributed by atoms with Crippen LogP contribution < -0.4 is 4.90 Å². The van der Waals surface area contributed by atoms with Crippen molar-refractivity contribution in [1.82, 2.24) is 15.0 Å². The van der Waals surface area contributed by atoms with Crippen LogP contribution in [0.15, 0.2) is 18.3 Å². The number of aromatic nitrogens is 3. The van der Waals surface area contributed by atoms with Gasteiger partial charge in [0, 0.05) is 18.7 Å². The van der Waals surface area contributed by atoms with Crippen molar-refractivity contribution in [2.45, 2.75) is 18.6 Å². The second-order valence-corrected chi connectivity index (χ2v) is 6.06. The van der Waals surface area contributed by atoms with Crippen LogP contribution in [-0.2, 0) is 0 Å². The second kappa shape index (κ2) is 4.99. The van der Waals surface area contributed by atoms with E-state index in [4.69, 9.17) is 23.2 Å². The average molecular weight is 343 g/mol. The summed E-state index contributed by atoms with van der Waals surface area (Å²) in [6.45, 7) is 0.574. The average Bonchev–Trinajstić information content (AvgIpc) is 3.18. The summed E-state index contributed by atoms with van der Waals surface area (Å²) < 4.78 is 28.1. The third-order valence-corrected chi connectivity index (χ3v) is 4.50. The molecule has 3 heterocycles. The molecule has 1 saturated carbocycles. The van der Waals surface area contributed by atoms with E-state index in [-0.39, 0.29) is 27.9 Å². The number of pyridine rings is 1. The standard InChI is InChI=1S/C14H10Cl2F2N4/c15-12-9(18)10-7(5-19-12)13(21-14(16)20-10)22-4-2-1-3-6-8(17)11(6)22/h1,3,5-6,8,11H,2,4H2. The third-order valence-electron chi connectivity index (χ3n) is 4.07. The van der Waals surface area contributed by atoms with Crippen molar-refractivity contribution in [3.8, 4) is 0 Å². The third kappa shape index (κ3) is 2.05. The summed E-state index contributed by atoms with van der Waals surface area (Å²) in [5.41, 5.74) is -0.000172. The Bertz CT molecular complexity index is 798. The molecular formula is C14H10Cl2F2N4. The molecule has 1 aliphatic carbocycles. The lowest BCUT2D eigenvalue weighted by atomic mass is 10.2. The van der Waals surface area contributed by atoms with Gasteiger partial charge in [0.1, 0.15) is 17.5 Å². The molecule has 1 fully saturated rings. The van der Waals surface area contributed by atoms with Crippen molar-refractivity contribution in [3.05, 3.63) is 34.6 Å². The van der Waals surface area contributed by atoms with Gasteiger partial charge in [0.15, 0.2) is 11.0 Å². The normalized spacial score (nSPS) is 26.9. The zero-order chi connectivity index (χ0) is 15.4. The number of rotatable bonds is 1. The number of hydrogen-bond acceptors (Lipinski definition) is 4. The Balaban J connectivity index is 1.90. The SMILES string of the molecule is Fc1c(Cl)ncc2c(N3CCC=CC4C(F)C43)nc(Cl)nc12. The lowest BCUT2D eigenvalue weighted by Crippen LogP contribution is -2.30. The van der Waals surface area contributed by atoms with Gasteiger partial charge in [-0.2, -0.15) is 4.98 Å². The van der Waals surface area contributed by atoms with Crippen LogP contribution in [0.5, 0.6) is 0 Å². The molecule has 4 rings (SSSR count). The predicted octanol–water partition coefficient (Wildman–Crippen LogP) is 3.57. The van der Waals surface area contributed by atoms with Crippen molar-refractivity contribution in [1.29, 1.82) is 0 Å². The quantitative estimate of drug-likeness (QED) is 0.451. The minimum absolute atomic E-state index is 0.000172. The Morgan fingerprint density at radius 1 is 1.27 bits per heavy atom. The Morgan fingerprint density at radius 3 is 2.91 bits per heavy atom. The van der Waals surface area contributed by atoms with Gasteiger partial charge in [-0.15, -0.1) is 0 Å². The van der Waals surface area contributed by atoms with E-state index in [1.807, 2.05) is 17.1 Å².